The maximum Gasteiger partial charge on any atom is 0.318 e. The van der Waals surface area contributed by atoms with Crippen LogP contribution in [-0.2, 0) is 21.4 Å². The molecule has 0 aliphatic carbocycles. The van der Waals surface area contributed by atoms with E-state index in [1.54, 1.807) is 12.1 Å². The van der Waals surface area contributed by atoms with Gasteiger partial charge in [0.15, 0.2) is 0 Å². The number of para-hydroxylation sites is 1. The Hall–Kier alpha value is -2.38. The molecule has 0 aliphatic heterocycles. The van der Waals surface area contributed by atoms with Gasteiger partial charge in [0.2, 0.25) is 10.0 Å². The van der Waals surface area contributed by atoms with E-state index < -0.39 is 22.5 Å². The zero-order valence-corrected chi connectivity index (χ0v) is 12.4. The number of nitrogens with one attached hydrogen (secondary N) is 1. The molecule has 6 nitrogen and oxygen atoms in total. The van der Waals surface area contributed by atoms with Crippen LogP contribution >= 0.6 is 0 Å². The number of benzene rings is 2. The quantitative estimate of drug-likeness (QED) is 0.808. The van der Waals surface area contributed by atoms with Gasteiger partial charge in [-0.15, -0.1) is 0 Å². The number of hydrogen-bond acceptors (Lipinski definition) is 4. The molecule has 0 aliphatic rings. The molecule has 2 rings (SSSR count). The van der Waals surface area contributed by atoms with E-state index in [0.717, 1.165) is 11.3 Å². The van der Waals surface area contributed by atoms with Crippen molar-refractivity contribution in [3.05, 3.63) is 60.2 Å². The molecule has 0 unspecified atom stereocenters. The smallest absolute Gasteiger partial charge is 0.318 e. The van der Waals surface area contributed by atoms with Crippen molar-refractivity contribution < 1.29 is 23.1 Å². The normalized spacial score (nSPS) is 11.1. The fourth-order valence-corrected chi connectivity index (χ4v) is 2.66. The third-order valence-electron chi connectivity index (χ3n) is 2.80. The maximum absolute atomic E-state index is 11.8. The Labute approximate surface area is 128 Å². The first kappa shape index (κ1) is 16.0. The molecule has 2 N–H and O–H groups in total. The highest BCUT2D eigenvalue weighted by atomic mass is 32.2. The van der Waals surface area contributed by atoms with Gasteiger partial charge in [0, 0.05) is 0 Å². The molecule has 0 atom stereocenters. The van der Waals surface area contributed by atoms with Crippen LogP contribution in [0.5, 0.6) is 5.75 Å². The summed E-state index contributed by atoms with van der Waals surface area (Å²) < 4.78 is 31.2. The summed E-state index contributed by atoms with van der Waals surface area (Å²) in [5.41, 5.74) is 0.807. The average Bonchev–Trinajstić information content (AvgIpc) is 2.52. The van der Waals surface area contributed by atoms with Gasteiger partial charge in [-0.3, -0.25) is 4.79 Å². The summed E-state index contributed by atoms with van der Waals surface area (Å²) in [6.45, 7) is -0.339. The molecule has 0 saturated heterocycles. The van der Waals surface area contributed by atoms with Gasteiger partial charge in [0.05, 0.1) is 4.90 Å². The Morgan fingerprint density at radius 3 is 2.27 bits per heavy atom. The second-order valence-corrected chi connectivity index (χ2v) is 6.23. The first-order chi connectivity index (χ1) is 10.5. The zero-order valence-electron chi connectivity index (χ0n) is 11.6. The highest BCUT2D eigenvalue weighted by molar-refractivity contribution is 7.89. The minimum absolute atomic E-state index is 0.0113. The van der Waals surface area contributed by atoms with Gasteiger partial charge in [-0.25, -0.2) is 8.42 Å². The van der Waals surface area contributed by atoms with Gasteiger partial charge in [0.1, 0.15) is 18.9 Å². The molecule has 0 spiro atoms. The van der Waals surface area contributed by atoms with Crippen molar-refractivity contribution in [1.29, 1.82) is 0 Å². The lowest BCUT2D eigenvalue weighted by molar-refractivity contribution is -0.135. The molecular formula is C15H15NO5S. The second kappa shape index (κ2) is 7.06. The first-order valence-corrected chi connectivity index (χ1v) is 7.94. The molecule has 7 heteroatoms. The molecule has 0 saturated carbocycles. The number of aliphatic carboxylic acids is 1. The molecular weight excluding hydrogens is 306 g/mol. The SMILES string of the molecule is O=C(O)CNS(=O)(=O)c1ccc(COc2ccccc2)cc1. The van der Waals surface area contributed by atoms with Gasteiger partial charge >= 0.3 is 5.97 Å². The van der Waals surface area contributed by atoms with Crippen molar-refractivity contribution in [2.24, 2.45) is 0 Å². The van der Waals surface area contributed by atoms with Crippen LogP contribution in [0.3, 0.4) is 0 Å². The third-order valence-corrected chi connectivity index (χ3v) is 4.21. The number of carbonyl (C=O) groups is 1. The van der Waals surface area contributed by atoms with E-state index in [4.69, 9.17) is 9.84 Å². The zero-order chi connectivity index (χ0) is 16.0. The van der Waals surface area contributed by atoms with Crippen LogP contribution in [-0.4, -0.2) is 26.0 Å². The lowest BCUT2D eigenvalue weighted by Gasteiger charge is -2.08. The maximum atomic E-state index is 11.8. The third kappa shape index (κ3) is 4.57. The molecule has 2 aromatic rings. The number of rotatable bonds is 7. The summed E-state index contributed by atoms with van der Waals surface area (Å²) in [5.74, 6) is -0.515. The molecule has 0 aromatic heterocycles. The lowest BCUT2D eigenvalue weighted by atomic mass is 10.2. The van der Waals surface area contributed by atoms with E-state index in [-0.39, 0.29) is 4.90 Å². The molecule has 2 aromatic carbocycles. The summed E-state index contributed by atoms with van der Waals surface area (Å²) in [4.78, 5) is 10.4. The number of carboxylic acid groups (broad SMARTS) is 1. The Morgan fingerprint density at radius 2 is 1.68 bits per heavy atom. The van der Waals surface area contributed by atoms with Crippen LogP contribution in [0.2, 0.25) is 0 Å². The fraction of sp³-hybridized carbons (Fsp3) is 0.133. The van der Waals surface area contributed by atoms with Gasteiger partial charge in [-0.1, -0.05) is 30.3 Å². The summed E-state index contributed by atoms with van der Waals surface area (Å²) in [6.07, 6.45) is 0. The minimum Gasteiger partial charge on any atom is -0.489 e. The number of sulfonamides is 1. The van der Waals surface area contributed by atoms with E-state index >= 15 is 0 Å². The van der Waals surface area contributed by atoms with Crippen LogP contribution in [0, 0.1) is 0 Å². The molecule has 0 fully saturated rings. The molecule has 0 heterocycles. The predicted molar refractivity (Wildman–Crippen MR) is 80.0 cm³/mol. The Kier molecular flexibility index (Phi) is 5.13. The van der Waals surface area contributed by atoms with Crippen molar-refractivity contribution in [2.45, 2.75) is 11.5 Å². The highest BCUT2D eigenvalue weighted by Crippen LogP contribution is 2.14. The molecule has 22 heavy (non-hydrogen) atoms. The summed E-state index contributed by atoms with van der Waals surface area (Å²) >= 11 is 0. The van der Waals surface area contributed by atoms with Crippen molar-refractivity contribution in [1.82, 2.24) is 4.72 Å². The van der Waals surface area contributed by atoms with E-state index in [2.05, 4.69) is 0 Å². The van der Waals surface area contributed by atoms with Crippen LogP contribution in [0.1, 0.15) is 5.56 Å². The fourth-order valence-electron chi connectivity index (χ4n) is 1.69. The lowest BCUT2D eigenvalue weighted by Crippen LogP contribution is -2.29. The molecule has 116 valence electrons. The van der Waals surface area contributed by atoms with Crippen LogP contribution in [0.4, 0.5) is 0 Å². The first-order valence-electron chi connectivity index (χ1n) is 6.45. The van der Waals surface area contributed by atoms with Crippen molar-refractivity contribution in [3.8, 4) is 5.75 Å². The molecule has 0 radical (unpaired) electrons. The Morgan fingerprint density at radius 1 is 1.05 bits per heavy atom. The number of ether oxygens (including phenoxy) is 1. The van der Waals surface area contributed by atoms with Gasteiger partial charge < -0.3 is 9.84 Å². The van der Waals surface area contributed by atoms with Crippen LogP contribution < -0.4 is 9.46 Å². The number of hydrogen-bond donors (Lipinski definition) is 2. The van der Waals surface area contributed by atoms with Crippen LogP contribution in [0.25, 0.3) is 0 Å². The molecule has 0 bridgehead atoms. The topological polar surface area (TPSA) is 92.7 Å². The van der Waals surface area contributed by atoms with E-state index in [1.807, 2.05) is 35.1 Å². The van der Waals surface area contributed by atoms with E-state index in [1.165, 1.54) is 12.1 Å². The van der Waals surface area contributed by atoms with Crippen molar-refractivity contribution >= 4 is 16.0 Å². The largest absolute Gasteiger partial charge is 0.489 e. The van der Waals surface area contributed by atoms with Crippen molar-refractivity contribution in [2.75, 3.05) is 6.54 Å². The van der Waals surface area contributed by atoms with Gasteiger partial charge in [0.25, 0.3) is 0 Å². The predicted octanol–water partition coefficient (Wildman–Crippen LogP) is 1.63. The van der Waals surface area contributed by atoms with Crippen LogP contribution in [0.15, 0.2) is 59.5 Å². The summed E-state index contributed by atoms with van der Waals surface area (Å²) in [6, 6.07) is 15.3. The average molecular weight is 321 g/mol. The van der Waals surface area contributed by atoms with E-state index in [9.17, 15) is 13.2 Å². The van der Waals surface area contributed by atoms with Gasteiger partial charge in [-0.05, 0) is 29.8 Å². The Bertz CT molecular complexity index is 726. The Balaban J connectivity index is 1.99. The van der Waals surface area contributed by atoms with E-state index in [0.29, 0.717) is 6.61 Å². The number of carboxylic acids is 1. The standard InChI is InChI=1S/C15H15NO5S/c17-15(18)10-16-22(19,20)14-8-6-12(7-9-14)11-21-13-4-2-1-3-5-13/h1-9,16H,10-11H2,(H,17,18). The summed E-state index contributed by atoms with van der Waals surface area (Å²) in [5, 5.41) is 8.50. The van der Waals surface area contributed by atoms with Gasteiger partial charge in [-0.2, -0.15) is 4.72 Å². The monoisotopic (exact) mass is 321 g/mol. The summed E-state index contributed by atoms with van der Waals surface area (Å²) in [7, 11) is -3.81. The molecule has 0 amide bonds. The second-order valence-electron chi connectivity index (χ2n) is 4.46. The highest BCUT2D eigenvalue weighted by Gasteiger charge is 2.14. The minimum atomic E-state index is -3.81. The van der Waals surface area contributed by atoms with Crippen molar-refractivity contribution in [3.63, 3.8) is 0 Å².